The van der Waals surface area contributed by atoms with Crippen LogP contribution in [0.4, 0.5) is 11.4 Å². The summed E-state index contributed by atoms with van der Waals surface area (Å²) in [6.07, 6.45) is 2.12. The number of piperazine rings is 1. The number of carbonyl (C=O) groups is 4. The van der Waals surface area contributed by atoms with Crippen molar-refractivity contribution in [3.05, 3.63) is 23.8 Å². The standard InChI is InChI=1S/C20H27N5O4/c1-13(26)21-17-9-15(10-18(11-17)22-14(2)27)20(29)25-7-5-24(6-8-25)12-19(28)23-16-3-4-16/h9-11,16H,3-8,12H2,1-2H3,(H,21,26)(H,22,27)(H,23,28). The summed E-state index contributed by atoms with van der Waals surface area (Å²) in [5, 5.41) is 8.28. The number of anilines is 2. The van der Waals surface area contributed by atoms with Gasteiger partial charge in [-0.05, 0) is 31.0 Å². The number of hydrogen-bond donors (Lipinski definition) is 3. The van der Waals surface area contributed by atoms with E-state index in [0.29, 0.717) is 55.7 Å². The van der Waals surface area contributed by atoms with E-state index in [1.165, 1.54) is 13.8 Å². The smallest absolute Gasteiger partial charge is 0.254 e. The Hall–Kier alpha value is -2.94. The summed E-state index contributed by atoms with van der Waals surface area (Å²) in [6.45, 7) is 5.37. The highest BCUT2D eigenvalue weighted by molar-refractivity contribution is 6.00. The Morgan fingerprint density at radius 3 is 1.93 bits per heavy atom. The topological polar surface area (TPSA) is 111 Å². The molecule has 3 N–H and O–H groups in total. The van der Waals surface area contributed by atoms with Crippen LogP contribution in [0.5, 0.6) is 0 Å². The van der Waals surface area contributed by atoms with Crippen LogP contribution >= 0.6 is 0 Å². The molecule has 1 aromatic carbocycles. The van der Waals surface area contributed by atoms with Crippen LogP contribution in [0.1, 0.15) is 37.0 Å². The lowest BCUT2D eigenvalue weighted by molar-refractivity contribution is -0.122. The number of amides is 4. The van der Waals surface area contributed by atoms with Gasteiger partial charge in [-0.2, -0.15) is 0 Å². The van der Waals surface area contributed by atoms with Gasteiger partial charge in [0.1, 0.15) is 0 Å². The largest absolute Gasteiger partial charge is 0.352 e. The van der Waals surface area contributed by atoms with Crippen molar-refractivity contribution in [2.24, 2.45) is 0 Å². The Kier molecular flexibility index (Phi) is 6.48. The number of hydrogen-bond acceptors (Lipinski definition) is 5. The zero-order valence-corrected chi connectivity index (χ0v) is 16.8. The van der Waals surface area contributed by atoms with E-state index < -0.39 is 0 Å². The van der Waals surface area contributed by atoms with Gasteiger partial charge in [0.2, 0.25) is 17.7 Å². The monoisotopic (exact) mass is 401 g/mol. The molecule has 1 heterocycles. The average Bonchev–Trinajstić information content (AvgIpc) is 3.44. The van der Waals surface area contributed by atoms with Gasteiger partial charge in [-0.25, -0.2) is 0 Å². The lowest BCUT2D eigenvalue weighted by atomic mass is 10.1. The maximum Gasteiger partial charge on any atom is 0.254 e. The maximum atomic E-state index is 13.0. The molecule has 9 heteroatoms. The molecule has 1 aliphatic heterocycles. The summed E-state index contributed by atoms with van der Waals surface area (Å²) in [4.78, 5) is 51.5. The number of nitrogens with one attached hydrogen (secondary N) is 3. The van der Waals surface area contributed by atoms with E-state index in [1.807, 2.05) is 4.90 Å². The minimum absolute atomic E-state index is 0.0373. The third kappa shape index (κ3) is 6.28. The highest BCUT2D eigenvalue weighted by Gasteiger charge is 2.27. The van der Waals surface area contributed by atoms with E-state index in [9.17, 15) is 19.2 Å². The van der Waals surface area contributed by atoms with Crippen LogP contribution in [0.3, 0.4) is 0 Å². The van der Waals surface area contributed by atoms with E-state index in [1.54, 1.807) is 23.1 Å². The minimum Gasteiger partial charge on any atom is -0.352 e. The van der Waals surface area contributed by atoms with Gasteiger partial charge in [-0.15, -0.1) is 0 Å². The molecule has 3 rings (SSSR count). The highest BCUT2D eigenvalue weighted by atomic mass is 16.2. The molecule has 1 saturated carbocycles. The van der Waals surface area contributed by atoms with Crippen molar-refractivity contribution in [1.82, 2.24) is 15.1 Å². The van der Waals surface area contributed by atoms with E-state index in [2.05, 4.69) is 16.0 Å². The first kappa shape index (κ1) is 20.8. The molecule has 1 saturated heterocycles. The fourth-order valence-corrected chi connectivity index (χ4v) is 3.30. The molecule has 0 unspecified atom stereocenters. The molecule has 0 aromatic heterocycles. The number of nitrogens with zero attached hydrogens (tertiary/aromatic N) is 2. The molecule has 0 spiro atoms. The van der Waals surface area contributed by atoms with Gasteiger partial charge in [0.05, 0.1) is 6.54 Å². The van der Waals surface area contributed by atoms with Crippen LogP contribution in [-0.4, -0.2) is 72.2 Å². The molecular formula is C20H27N5O4. The number of carbonyl (C=O) groups excluding carboxylic acids is 4. The summed E-state index contributed by atoms with van der Waals surface area (Å²) in [6, 6.07) is 5.16. The molecular weight excluding hydrogens is 374 g/mol. The van der Waals surface area contributed by atoms with Crippen LogP contribution in [0.25, 0.3) is 0 Å². The van der Waals surface area contributed by atoms with Crippen LogP contribution in [-0.2, 0) is 14.4 Å². The summed E-state index contributed by atoms with van der Waals surface area (Å²) in [5.41, 5.74) is 1.28. The van der Waals surface area contributed by atoms with E-state index in [4.69, 9.17) is 0 Å². The lowest BCUT2D eigenvalue weighted by Crippen LogP contribution is -2.51. The van der Waals surface area contributed by atoms with E-state index in [-0.39, 0.29) is 23.6 Å². The lowest BCUT2D eigenvalue weighted by Gasteiger charge is -2.34. The Morgan fingerprint density at radius 1 is 0.897 bits per heavy atom. The van der Waals surface area contributed by atoms with Crippen LogP contribution < -0.4 is 16.0 Å². The molecule has 0 atom stereocenters. The van der Waals surface area contributed by atoms with Gasteiger partial charge in [-0.1, -0.05) is 0 Å². The van der Waals surface area contributed by atoms with Crippen molar-refractivity contribution in [1.29, 1.82) is 0 Å². The van der Waals surface area contributed by atoms with Gasteiger partial charge in [-0.3, -0.25) is 24.1 Å². The molecule has 9 nitrogen and oxygen atoms in total. The summed E-state index contributed by atoms with van der Waals surface area (Å²) in [5.74, 6) is -0.663. The van der Waals surface area contributed by atoms with E-state index in [0.717, 1.165) is 12.8 Å². The molecule has 1 aromatic rings. The minimum atomic E-state index is -0.263. The summed E-state index contributed by atoms with van der Waals surface area (Å²) >= 11 is 0. The van der Waals surface area contributed by atoms with Gasteiger partial charge in [0.15, 0.2) is 0 Å². The van der Waals surface area contributed by atoms with Crippen molar-refractivity contribution in [3.63, 3.8) is 0 Å². The van der Waals surface area contributed by atoms with Crippen molar-refractivity contribution in [2.75, 3.05) is 43.4 Å². The zero-order valence-electron chi connectivity index (χ0n) is 16.8. The molecule has 156 valence electrons. The summed E-state index contributed by atoms with van der Waals surface area (Å²) in [7, 11) is 0. The average molecular weight is 401 g/mol. The quantitative estimate of drug-likeness (QED) is 0.648. The molecule has 29 heavy (non-hydrogen) atoms. The first-order chi connectivity index (χ1) is 13.8. The van der Waals surface area contributed by atoms with Crippen molar-refractivity contribution in [2.45, 2.75) is 32.7 Å². The second-order valence-corrected chi connectivity index (χ2v) is 7.57. The second-order valence-electron chi connectivity index (χ2n) is 7.57. The molecule has 2 fully saturated rings. The second kappa shape index (κ2) is 9.04. The first-order valence-corrected chi connectivity index (χ1v) is 9.81. The van der Waals surface area contributed by atoms with Gasteiger partial charge in [0.25, 0.3) is 5.91 Å². The SMILES string of the molecule is CC(=O)Nc1cc(NC(C)=O)cc(C(=O)N2CCN(CC(=O)NC3CC3)CC2)c1. The Morgan fingerprint density at radius 2 is 1.45 bits per heavy atom. The number of rotatable bonds is 6. The third-order valence-corrected chi connectivity index (χ3v) is 4.79. The van der Waals surface area contributed by atoms with Gasteiger partial charge in [0, 0.05) is 63.0 Å². The normalized spacial score (nSPS) is 16.8. The molecule has 0 bridgehead atoms. The van der Waals surface area contributed by atoms with Crippen molar-refractivity contribution >= 4 is 35.0 Å². The van der Waals surface area contributed by atoms with Crippen LogP contribution in [0.2, 0.25) is 0 Å². The molecule has 4 amide bonds. The predicted octanol–water partition coefficient (Wildman–Crippen LogP) is 0.640. The molecule has 2 aliphatic rings. The Labute approximate surface area is 169 Å². The predicted molar refractivity (Wildman–Crippen MR) is 109 cm³/mol. The first-order valence-electron chi connectivity index (χ1n) is 9.81. The third-order valence-electron chi connectivity index (χ3n) is 4.79. The van der Waals surface area contributed by atoms with Gasteiger partial charge < -0.3 is 20.9 Å². The van der Waals surface area contributed by atoms with Crippen LogP contribution in [0.15, 0.2) is 18.2 Å². The van der Waals surface area contributed by atoms with Gasteiger partial charge >= 0.3 is 0 Å². The summed E-state index contributed by atoms with van der Waals surface area (Å²) < 4.78 is 0. The Bertz CT molecular complexity index is 779. The highest BCUT2D eigenvalue weighted by Crippen LogP contribution is 2.21. The van der Waals surface area contributed by atoms with E-state index >= 15 is 0 Å². The fourth-order valence-electron chi connectivity index (χ4n) is 3.30. The van der Waals surface area contributed by atoms with Crippen molar-refractivity contribution < 1.29 is 19.2 Å². The molecule has 0 radical (unpaired) electrons. The Balaban J connectivity index is 1.62. The fraction of sp³-hybridized carbons (Fsp3) is 0.500. The number of benzene rings is 1. The maximum absolute atomic E-state index is 13.0. The zero-order chi connectivity index (χ0) is 21.0. The van der Waals surface area contributed by atoms with Crippen molar-refractivity contribution in [3.8, 4) is 0 Å². The molecule has 1 aliphatic carbocycles. The van der Waals surface area contributed by atoms with Crippen LogP contribution in [0, 0.1) is 0 Å².